The van der Waals surface area contributed by atoms with Crippen molar-refractivity contribution in [2.24, 2.45) is 0 Å². The van der Waals surface area contributed by atoms with Gasteiger partial charge in [0.15, 0.2) is 5.16 Å². The third kappa shape index (κ3) is 3.08. The maximum atomic E-state index is 10.7. The Morgan fingerprint density at radius 1 is 1.55 bits per heavy atom. The minimum Gasteiger partial charge on any atom is -0.495 e. The minimum absolute atomic E-state index is 0.0413. The Labute approximate surface area is 125 Å². The first-order chi connectivity index (χ1) is 9.52. The van der Waals surface area contributed by atoms with Crippen molar-refractivity contribution in [1.82, 2.24) is 9.55 Å². The molecule has 0 saturated heterocycles. The Morgan fingerprint density at radius 3 is 2.90 bits per heavy atom. The molecule has 0 aliphatic rings. The number of benzene rings is 1. The van der Waals surface area contributed by atoms with Gasteiger partial charge in [-0.2, -0.15) is 0 Å². The Morgan fingerprint density at radius 2 is 2.30 bits per heavy atom. The number of carbonyl (C=O) groups is 1. The van der Waals surface area contributed by atoms with Crippen molar-refractivity contribution in [2.75, 3.05) is 12.9 Å². The third-order valence-corrected chi connectivity index (χ3v) is 3.86. The number of aromatic nitrogens is 2. The van der Waals surface area contributed by atoms with Crippen LogP contribution in [0.15, 0.2) is 29.6 Å². The van der Waals surface area contributed by atoms with Crippen LogP contribution < -0.4 is 4.74 Å². The first kappa shape index (κ1) is 14.7. The molecule has 2 aromatic rings. The van der Waals surface area contributed by atoms with E-state index < -0.39 is 5.97 Å². The second kappa shape index (κ2) is 6.19. The fourth-order valence-corrected chi connectivity index (χ4v) is 2.76. The smallest absolute Gasteiger partial charge is 0.313 e. The molecule has 0 spiro atoms. The molecule has 0 radical (unpaired) electrons. The van der Waals surface area contributed by atoms with Crippen LogP contribution in [0.2, 0.25) is 5.02 Å². The zero-order chi connectivity index (χ0) is 14.7. The van der Waals surface area contributed by atoms with E-state index >= 15 is 0 Å². The van der Waals surface area contributed by atoms with E-state index in [1.54, 1.807) is 25.4 Å². The number of aryl methyl sites for hydroxylation is 1. The van der Waals surface area contributed by atoms with Gasteiger partial charge < -0.3 is 9.84 Å². The molecule has 1 heterocycles. The van der Waals surface area contributed by atoms with Crippen LogP contribution in [0.1, 0.15) is 5.69 Å². The lowest BCUT2D eigenvalue weighted by atomic mass is 10.3. The van der Waals surface area contributed by atoms with Gasteiger partial charge in [0.2, 0.25) is 0 Å². The molecule has 0 amide bonds. The summed E-state index contributed by atoms with van der Waals surface area (Å²) in [6, 6.07) is 5.38. The lowest BCUT2D eigenvalue weighted by Gasteiger charge is -2.11. The van der Waals surface area contributed by atoms with Crippen LogP contribution in [0.25, 0.3) is 5.69 Å². The number of aliphatic carboxylic acids is 1. The second-order valence-corrected chi connectivity index (χ2v) is 5.37. The summed E-state index contributed by atoms with van der Waals surface area (Å²) in [5.74, 6) is -0.330. The van der Waals surface area contributed by atoms with Gasteiger partial charge in [0.05, 0.1) is 17.9 Å². The molecule has 0 aliphatic carbocycles. The quantitative estimate of drug-likeness (QED) is 0.860. The summed E-state index contributed by atoms with van der Waals surface area (Å²) < 4.78 is 6.98. The Kier molecular flexibility index (Phi) is 4.57. The number of nitrogens with zero attached hydrogens (tertiary/aromatic N) is 2. The van der Waals surface area contributed by atoms with E-state index in [0.29, 0.717) is 15.9 Å². The maximum absolute atomic E-state index is 10.7. The highest BCUT2D eigenvalue weighted by molar-refractivity contribution is 7.99. The molecule has 0 saturated carbocycles. The summed E-state index contributed by atoms with van der Waals surface area (Å²) in [5, 5.41) is 9.87. The summed E-state index contributed by atoms with van der Waals surface area (Å²) in [5.41, 5.74) is 1.72. The third-order valence-electron chi connectivity index (χ3n) is 2.62. The number of methoxy groups -OCH3 is 1. The van der Waals surface area contributed by atoms with E-state index in [1.165, 1.54) is 0 Å². The molecule has 0 atom stereocenters. The fourth-order valence-electron chi connectivity index (χ4n) is 1.75. The molecule has 7 heteroatoms. The molecule has 0 unspecified atom stereocenters. The molecular formula is C13H13ClN2O3S. The topological polar surface area (TPSA) is 64.4 Å². The van der Waals surface area contributed by atoms with Crippen molar-refractivity contribution in [3.63, 3.8) is 0 Å². The summed E-state index contributed by atoms with van der Waals surface area (Å²) in [6.07, 6.45) is 1.70. The highest BCUT2D eigenvalue weighted by atomic mass is 35.5. The number of ether oxygens (including phenoxy) is 1. The van der Waals surface area contributed by atoms with Crippen molar-refractivity contribution < 1.29 is 14.6 Å². The van der Waals surface area contributed by atoms with Crippen LogP contribution in [0, 0.1) is 6.92 Å². The molecule has 0 fully saturated rings. The van der Waals surface area contributed by atoms with Gasteiger partial charge in [-0.3, -0.25) is 9.36 Å². The standard InChI is InChI=1S/C13H13ClN2O3S/c1-8-6-15-13(20-7-12(17)18)16(8)9-3-4-11(19-2)10(14)5-9/h3-6H,7H2,1-2H3,(H,17,18). The average Bonchev–Trinajstić information content (AvgIpc) is 2.77. The predicted octanol–water partition coefficient (Wildman–Crippen LogP) is 3.02. The van der Waals surface area contributed by atoms with Crippen LogP contribution in [0.5, 0.6) is 5.75 Å². The minimum atomic E-state index is -0.880. The van der Waals surface area contributed by atoms with Crippen molar-refractivity contribution in [3.8, 4) is 11.4 Å². The molecule has 1 aromatic heterocycles. The van der Waals surface area contributed by atoms with Crippen LogP contribution >= 0.6 is 23.4 Å². The summed E-state index contributed by atoms with van der Waals surface area (Å²) in [6.45, 7) is 1.90. The second-order valence-electron chi connectivity index (χ2n) is 4.02. The lowest BCUT2D eigenvalue weighted by molar-refractivity contribution is -0.133. The van der Waals surface area contributed by atoms with E-state index in [2.05, 4.69) is 4.98 Å². The van der Waals surface area contributed by atoms with Gasteiger partial charge in [-0.25, -0.2) is 4.98 Å². The normalized spacial score (nSPS) is 10.6. The number of imidazole rings is 1. The van der Waals surface area contributed by atoms with E-state index in [0.717, 1.165) is 23.1 Å². The molecule has 1 N–H and O–H groups in total. The summed E-state index contributed by atoms with van der Waals surface area (Å²) in [4.78, 5) is 14.9. The van der Waals surface area contributed by atoms with Crippen molar-refractivity contribution in [3.05, 3.63) is 35.1 Å². The maximum Gasteiger partial charge on any atom is 0.313 e. The zero-order valence-electron chi connectivity index (χ0n) is 11.0. The van der Waals surface area contributed by atoms with Gasteiger partial charge in [0.25, 0.3) is 0 Å². The summed E-state index contributed by atoms with van der Waals surface area (Å²) >= 11 is 7.28. The number of hydrogen-bond acceptors (Lipinski definition) is 4. The molecule has 1 aromatic carbocycles. The zero-order valence-corrected chi connectivity index (χ0v) is 12.5. The number of halogens is 1. The van der Waals surface area contributed by atoms with Gasteiger partial charge in [-0.05, 0) is 25.1 Å². The average molecular weight is 313 g/mol. The SMILES string of the molecule is COc1ccc(-n2c(C)cnc2SCC(=O)O)cc1Cl. The number of rotatable bonds is 5. The first-order valence-corrected chi connectivity index (χ1v) is 7.12. The number of carboxylic acids is 1. The Hall–Kier alpha value is -1.66. The lowest BCUT2D eigenvalue weighted by Crippen LogP contribution is -2.03. The fraction of sp³-hybridized carbons (Fsp3) is 0.231. The van der Waals surface area contributed by atoms with Crippen LogP contribution in [0.3, 0.4) is 0 Å². The largest absolute Gasteiger partial charge is 0.495 e. The van der Waals surface area contributed by atoms with Crippen molar-refractivity contribution >= 4 is 29.3 Å². The Bertz CT molecular complexity index is 643. The van der Waals surface area contributed by atoms with Gasteiger partial charge in [-0.1, -0.05) is 23.4 Å². The van der Waals surface area contributed by atoms with E-state index in [4.69, 9.17) is 21.4 Å². The van der Waals surface area contributed by atoms with Gasteiger partial charge in [0.1, 0.15) is 5.75 Å². The van der Waals surface area contributed by atoms with Gasteiger partial charge in [-0.15, -0.1) is 0 Å². The molecule has 20 heavy (non-hydrogen) atoms. The highest BCUT2D eigenvalue weighted by Crippen LogP contribution is 2.29. The van der Waals surface area contributed by atoms with Crippen LogP contribution in [-0.2, 0) is 4.79 Å². The number of carboxylic acid groups (broad SMARTS) is 1. The van der Waals surface area contributed by atoms with E-state index in [1.807, 2.05) is 17.6 Å². The van der Waals surface area contributed by atoms with Gasteiger partial charge in [0, 0.05) is 17.6 Å². The molecular weight excluding hydrogens is 300 g/mol. The first-order valence-electron chi connectivity index (χ1n) is 5.75. The van der Waals surface area contributed by atoms with E-state index in [9.17, 15) is 4.79 Å². The summed E-state index contributed by atoms with van der Waals surface area (Å²) in [7, 11) is 1.55. The molecule has 106 valence electrons. The molecule has 0 bridgehead atoms. The number of hydrogen-bond donors (Lipinski definition) is 1. The predicted molar refractivity (Wildman–Crippen MR) is 78.2 cm³/mol. The molecule has 2 rings (SSSR count). The monoisotopic (exact) mass is 312 g/mol. The van der Waals surface area contributed by atoms with Gasteiger partial charge >= 0.3 is 5.97 Å². The number of thioether (sulfide) groups is 1. The molecule has 0 aliphatic heterocycles. The van der Waals surface area contributed by atoms with Crippen molar-refractivity contribution in [2.45, 2.75) is 12.1 Å². The van der Waals surface area contributed by atoms with Crippen LogP contribution in [0.4, 0.5) is 0 Å². The van der Waals surface area contributed by atoms with Crippen molar-refractivity contribution in [1.29, 1.82) is 0 Å². The molecule has 5 nitrogen and oxygen atoms in total. The highest BCUT2D eigenvalue weighted by Gasteiger charge is 2.12. The Balaban J connectivity index is 2.39. The van der Waals surface area contributed by atoms with E-state index in [-0.39, 0.29) is 5.75 Å². The van der Waals surface area contributed by atoms with Crippen LogP contribution in [-0.4, -0.2) is 33.5 Å².